The van der Waals surface area contributed by atoms with E-state index in [9.17, 15) is 18.4 Å². The van der Waals surface area contributed by atoms with Gasteiger partial charge in [-0.25, -0.2) is 8.78 Å². The first-order valence-electron chi connectivity index (χ1n) is 6.76. The van der Waals surface area contributed by atoms with Gasteiger partial charge in [0.1, 0.15) is 6.04 Å². The number of carbonyl (C=O) groups excluding carboxylic acids is 2. The van der Waals surface area contributed by atoms with Crippen LogP contribution in [0.3, 0.4) is 0 Å². The SMILES string of the molecule is CNC(=O)C(NC(=O)c1ccc(Cl)c(Cl)c1)c1ccc(F)c(F)c1. The Balaban J connectivity index is 2.31. The predicted octanol–water partition coefficient (Wildman–Crippen LogP) is 3.49. The Kier molecular flexibility index (Phi) is 5.75. The first kappa shape index (κ1) is 18.2. The molecule has 1 atom stereocenters. The molecule has 0 heterocycles. The molecule has 2 N–H and O–H groups in total. The highest BCUT2D eigenvalue weighted by atomic mass is 35.5. The van der Waals surface area contributed by atoms with Crippen LogP contribution in [0.1, 0.15) is 22.0 Å². The Morgan fingerprint density at radius 1 is 1.00 bits per heavy atom. The number of hydrogen-bond donors (Lipinski definition) is 2. The summed E-state index contributed by atoms with van der Waals surface area (Å²) in [5.74, 6) is -3.38. The number of nitrogens with one attached hydrogen (secondary N) is 2. The molecule has 0 saturated heterocycles. The summed E-state index contributed by atoms with van der Waals surface area (Å²) in [7, 11) is 1.36. The van der Waals surface area contributed by atoms with Gasteiger partial charge in [-0.1, -0.05) is 29.3 Å². The number of carbonyl (C=O) groups is 2. The molecule has 0 aliphatic heterocycles. The van der Waals surface area contributed by atoms with Gasteiger partial charge in [0.2, 0.25) is 5.91 Å². The van der Waals surface area contributed by atoms with Crippen LogP contribution in [0.2, 0.25) is 10.0 Å². The summed E-state index contributed by atoms with van der Waals surface area (Å²) in [5, 5.41) is 5.26. The Hall–Kier alpha value is -2.18. The van der Waals surface area contributed by atoms with Crippen LogP contribution in [0.25, 0.3) is 0 Å². The van der Waals surface area contributed by atoms with Gasteiger partial charge in [0, 0.05) is 12.6 Å². The summed E-state index contributed by atoms with van der Waals surface area (Å²) in [6, 6.07) is 5.95. The van der Waals surface area contributed by atoms with Crippen molar-refractivity contribution in [3.63, 3.8) is 0 Å². The minimum absolute atomic E-state index is 0.0988. The van der Waals surface area contributed by atoms with Crippen LogP contribution in [-0.4, -0.2) is 18.9 Å². The van der Waals surface area contributed by atoms with Gasteiger partial charge in [-0.15, -0.1) is 0 Å². The van der Waals surface area contributed by atoms with Crippen molar-refractivity contribution in [3.05, 3.63) is 69.2 Å². The highest BCUT2D eigenvalue weighted by Crippen LogP contribution is 2.23. The van der Waals surface area contributed by atoms with E-state index in [2.05, 4.69) is 10.6 Å². The quantitative estimate of drug-likeness (QED) is 0.862. The van der Waals surface area contributed by atoms with Crippen molar-refractivity contribution in [3.8, 4) is 0 Å². The van der Waals surface area contributed by atoms with E-state index in [1.165, 1.54) is 31.3 Å². The molecule has 0 spiro atoms. The number of likely N-dealkylation sites (N-methyl/N-ethyl adjacent to an activating group) is 1. The summed E-state index contributed by atoms with van der Waals surface area (Å²) >= 11 is 11.6. The van der Waals surface area contributed by atoms with Gasteiger partial charge in [-0.05, 0) is 35.9 Å². The molecule has 0 fully saturated rings. The van der Waals surface area contributed by atoms with Crippen molar-refractivity contribution in [1.29, 1.82) is 0 Å². The lowest BCUT2D eigenvalue weighted by atomic mass is 10.0. The van der Waals surface area contributed by atoms with E-state index >= 15 is 0 Å². The second kappa shape index (κ2) is 7.59. The fraction of sp³-hybridized carbons (Fsp3) is 0.125. The van der Waals surface area contributed by atoms with Gasteiger partial charge in [0.05, 0.1) is 10.0 Å². The van der Waals surface area contributed by atoms with Gasteiger partial charge in [0.15, 0.2) is 11.6 Å². The van der Waals surface area contributed by atoms with Gasteiger partial charge in [0.25, 0.3) is 5.91 Å². The predicted molar refractivity (Wildman–Crippen MR) is 87.1 cm³/mol. The largest absolute Gasteiger partial charge is 0.357 e. The van der Waals surface area contributed by atoms with Crippen molar-refractivity contribution in [1.82, 2.24) is 10.6 Å². The molecule has 126 valence electrons. The second-order valence-electron chi connectivity index (χ2n) is 4.82. The molecule has 0 aliphatic rings. The third kappa shape index (κ3) is 4.01. The van der Waals surface area contributed by atoms with E-state index < -0.39 is 29.5 Å². The number of rotatable bonds is 4. The first-order valence-corrected chi connectivity index (χ1v) is 7.51. The van der Waals surface area contributed by atoms with E-state index in [1.807, 2.05) is 0 Å². The van der Waals surface area contributed by atoms with Gasteiger partial charge in [-0.2, -0.15) is 0 Å². The Labute approximate surface area is 146 Å². The third-order valence-corrected chi connectivity index (χ3v) is 3.98. The fourth-order valence-corrected chi connectivity index (χ4v) is 2.29. The highest BCUT2D eigenvalue weighted by Gasteiger charge is 2.23. The van der Waals surface area contributed by atoms with Crippen LogP contribution >= 0.6 is 23.2 Å². The molecule has 24 heavy (non-hydrogen) atoms. The molecule has 0 saturated carbocycles. The molecule has 2 aromatic rings. The maximum absolute atomic E-state index is 13.4. The topological polar surface area (TPSA) is 58.2 Å². The molecule has 1 unspecified atom stereocenters. The fourth-order valence-electron chi connectivity index (χ4n) is 1.99. The lowest BCUT2D eigenvalue weighted by molar-refractivity contribution is -0.122. The summed E-state index contributed by atoms with van der Waals surface area (Å²) in [5.41, 5.74) is 0.266. The van der Waals surface area contributed by atoms with Gasteiger partial charge < -0.3 is 10.6 Å². The number of benzene rings is 2. The zero-order valence-electron chi connectivity index (χ0n) is 12.4. The average molecular weight is 373 g/mol. The minimum atomic E-state index is -1.20. The molecule has 0 bridgehead atoms. The molecule has 2 amide bonds. The van der Waals surface area contributed by atoms with Crippen molar-refractivity contribution >= 4 is 35.0 Å². The maximum atomic E-state index is 13.4. The van der Waals surface area contributed by atoms with Crippen molar-refractivity contribution in [2.45, 2.75) is 6.04 Å². The Morgan fingerprint density at radius 3 is 2.29 bits per heavy atom. The maximum Gasteiger partial charge on any atom is 0.252 e. The minimum Gasteiger partial charge on any atom is -0.357 e. The van der Waals surface area contributed by atoms with E-state index in [0.29, 0.717) is 0 Å². The van der Waals surface area contributed by atoms with Crippen LogP contribution in [0.5, 0.6) is 0 Å². The molecule has 0 radical (unpaired) electrons. The van der Waals surface area contributed by atoms with Crippen molar-refractivity contribution in [2.24, 2.45) is 0 Å². The molecular weight excluding hydrogens is 361 g/mol. The van der Waals surface area contributed by atoms with Gasteiger partial charge >= 0.3 is 0 Å². The number of amides is 2. The van der Waals surface area contributed by atoms with Crippen LogP contribution in [0.15, 0.2) is 36.4 Å². The zero-order chi connectivity index (χ0) is 17.9. The molecule has 0 aromatic heterocycles. The lowest BCUT2D eigenvalue weighted by Crippen LogP contribution is -2.39. The van der Waals surface area contributed by atoms with Gasteiger partial charge in [-0.3, -0.25) is 9.59 Å². The third-order valence-electron chi connectivity index (χ3n) is 3.24. The van der Waals surface area contributed by atoms with Crippen LogP contribution in [0.4, 0.5) is 8.78 Å². The highest BCUT2D eigenvalue weighted by molar-refractivity contribution is 6.42. The Bertz CT molecular complexity index is 800. The first-order chi connectivity index (χ1) is 11.3. The normalized spacial score (nSPS) is 11.7. The lowest BCUT2D eigenvalue weighted by Gasteiger charge is -2.18. The molecule has 8 heteroatoms. The van der Waals surface area contributed by atoms with Crippen molar-refractivity contribution < 1.29 is 18.4 Å². The summed E-state index contributed by atoms with van der Waals surface area (Å²) in [6.45, 7) is 0. The second-order valence-corrected chi connectivity index (χ2v) is 5.64. The zero-order valence-corrected chi connectivity index (χ0v) is 13.9. The molecule has 2 rings (SSSR count). The van der Waals surface area contributed by atoms with Crippen LogP contribution in [-0.2, 0) is 4.79 Å². The summed E-state index contributed by atoms with van der Waals surface area (Å²) < 4.78 is 26.5. The van der Waals surface area contributed by atoms with Crippen molar-refractivity contribution in [2.75, 3.05) is 7.05 Å². The molecular formula is C16H12Cl2F2N2O2. The molecule has 0 aliphatic carbocycles. The standard InChI is InChI=1S/C16H12Cl2F2N2O2/c1-21-16(24)14(8-3-5-12(19)13(20)7-8)22-15(23)9-2-4-10(17)11(18)6-9/h2-7,14H,1H3,(H,21,24)(H,22,23). The number of halogens is 4. The van der Waals surface area contributed by atoms with E-state index in [0.717, 1.165) is 12.1 Å². The molecule has 4 nitrogen and oxygen atoms in total. The Morgan fingerprint density at radius 2 is 1.71 bits per heavy atom. The van der Waals surface area contributed by atoms with E-state index in [4.69, 9.17) is 23.2 Å². The summed E-state index contributed by atoms with van der Waals surface area (Å²) in [4.78, 5) is 24.3. The smallest absolute Gasteiger partial charge is 0.252 e. The summed E-state index contributed by atoms with van der Waals surface area (Å²) in [6.07, 6.45) is 0. The van der Waals surface area contributed by atoms with E-state index in [-0.39, 0.29) is 21.2 Å². The van der Waals surface area contributed by atoms with E-state index in [1.54, 1.807) is 0 Å². The average Bonchev–Trinajstić information content (AvgIpc) is 2.56. The molecule has 2 aromatic carbocycles. The monoisotopic (exact) mass is 372 g/mol. The number of hydrogen-bond acceptors (Lipinski definition) is 2. The van der Waals surface area contributed by atoms with Crippen LogP contribution in [0, 0.1) is 11.6 Å². The van der Waals surface area contributed by atoms with Crippen LogP contribution < -0.4 is 10.6 Å².